The molecule has 1 saturated heterocycles. The Hall–Kier alpha value is -1.83. The summed E-state index contributed by atoms with van der Waals surface area (Å²) in [6.45, 7) is 2.11. The fourth-order valence-electron chi connectivity index (χ4n) is 2.21. The molecule has 0 radical (unpaired) electrons. The maximum atomic E-state index is 12.5. The molecule has 1 fully saturated rings. The Kier molecular flexibility index (Phi) is 3.96. The normalized spacial score (nSPS) is 19.3. The molecule has 1 aromatic heterocycles. The van der Waals surface area contributed by atoms with E-state index in [1.807, 2.05) is 6.07 Å². The van der Waals surface area contributed by atoms with E-state index in [2.05, 4.69) is 15.5 Å². The molecule has 1 N–H and O–H groups in total. The van der Waals surface area contributed by atoms with Crippen molar-refractivity contribution in [1.29, 1.82) is 0 Å². The third-order valence-corrected chi connectivity index (χ3v) is 4.93. The van der Waals surface area contributed by atoms with E-state index < -0.39 is 9.84 Å². The predicted octanol–water partition coefficient (Wildman–Crippen LogP) is 0.970. The molecule has 21 heavy (non-hydrogen) atoms. The van der Waals surface area contributed by atoms with Crippen LogP contribution in [-0.2, 0) is 14.6 Å². The van der Waals surface area contributed by atoms with Gasteiger partial charge in [0.25, 0.3) is 0 Å². The summed E-state index contributed by atoms with van der Waals surface area (Å²) in [4.78, 5) is 0.203. The molecule has 1 aliphatic heterocycles. The minimum atomic E-state index is -3.65. The van der Waals surface area contributed by atoms with Crippen molar-refractivity contribution in [2.24, 2.45) is 0 Å². The Bertz CT molecular complexity index is 713. The summed E-state index contributed by atoms with van der Waals surface area (Å²) in [5.74, 6) is 0. The number of sulfone groups is 1. The number of nitrogens with one attached hydrogen (secondary N) is 1. The van der Waals surface area contributed by atoms with Crippen molar-refractivity contribution >= 4 is 9.84 Å². The van der Waals surface area contributed by atoms with Crippen molar-refractivity contribution in [3.63, 3.8) is 0 Å². The highest BCUT2D eigenvalue weighted by molar-refractivity contribution is 7.91. The molecule has 2 aromatic rings. The number of ether oxygens (including phenoxy) is 1. The van der Waals surface area contributed by atoms with Crippen molar-refractivity contribution in [3.8, 4) is 0 Å². The number of hydrogen-bond acceptors (Lipinski definition) is 6. The van der Waals surface area contributed by atoms with E-state index in [-0.39, 0.29) is 16.0 Å². The van der Waals surface area contributed by atoms with E-state index in [0.29, 0.717) is 13.2 Å². The first-order chi connectivity index (χ1) is 10.2. The lowest BCUT2D eigenvalue weighted by Gasteiger charge is -2.24. The smallest absolute Gasteiger partial charge is 0.225 e. The topological polar surface area (TPSA) is 81.2 Å². The average molecular weight is 305 g/mol. The van der Waals surface area contributed by atoms with Crippen LogP contribution in [0, 0.1) is 0 Å². The van der Waals surface area contributed by atoms with Crippen LogP contribution >= 0.6 is 0 Å². The number of rotatable bonds is 3. The van der Waals surface area contributed by atoms with E-state index in [1.54, 1.807) is 24.3 Å². The highest BCUT2D eigenvalue weighted by Gasteiger charge is 2.22. The van der Waals surface area contributed by atoms with Crippen LogP contribution in [0.1, 0.15) is 11.7 Å². The Morgan fingerprint density at radius 2 is 2.14 bits per heavy atom. The predicted molar refractivity (Wildman–Crippen MR) is 75.5 cm³/mol. The molecular weight excluding hydrogens is 290 g/mol. The maximum absolute atomic E-state index is 12.5. The summed E-state index contributed by atoms with van der Waals surface area (Å²) in [5.41, 5.74) is 0.840. The van der Waals surface area contributed by atoms with Gasteiger partial charge in [-0.05, 0) is 29.8 Å². The first-order valence-corrected chi connectivity index (χ1v) is 8.11. The van der Waals surface area contributed by atoms with Gasteiger partial charge in [-0.15, -0.1) is 5.10 Å². The van der Waals surface area contributed by atoms with Gasteiger partial charge in [0.05, 0.1) is 17.6 Å². The third kappa shape index (κ3) is 2.94. The monoisotopic (exact) mass is 305 g/mol. The average Bonchev–Trinajstić information content (AvgIpc) is 2.57. The molecule has 0 saturated carbocycles. The van der Waals surface area contributed by atoms with Gasteiger partial charge in [0.2, 0.25) is 9.84 Å². The molecule has 0 bridgehead atoms. The first kappa shape index (κ1) is 14.1. The van der Waals surface area contributed by atoms with Gasteiger partial charge < -0.3 is 10.1 Å². The number of nitrogens with zero attached hydrogens (tertiary/aromatic N) is 2. The van der Waals surface area contributed by atoms with Gasteiger partial charge in [-0.1, -0.05) is 12.1 Å². The summed E-state index contributed by atoms with van der Waals surface area (Å²) in [5, 5.41) is 10.5. The second-order valence-electron chi connectivity index (χ2n) is 4.70. The number of benzene rings is 1. The Morgan fingerprint density at radius 1 is 1.24 bits per heavy atom. The molecule has 2 heterocycles. The van der Waals surface area contributed by atoms with Gasteiger partial charge in [0.15, 0.2) is 5.03 Å². The number of aromatic nitrogens is 2. The van der Waals surface area contributed by atoms with Crippen molar-refractivity contribution in [1.82, 2.24) is 15.5 Å². The van der Waals surface area contributed by atoms with Gasteiger partial charge >= 0.3 is 0 Å². The van der Waals surface area contributed by atoms with Crippen LogP contribution in [-0.4, -0.2) is 38.3 Å². The van der Waals surface area contributed by atoms with Gasteiger partial charge in [-0.3, -0.25) is 0 Å². The van der Waals surface area contributed by atoms with E-state index in [1.165, 1.54) is 12.3 Å². The van der Waals surface area contributed by atoms with Crippen LogP contribution in [0.2, 0.25) is 0 Å². The number of morpholine rings is 1. The fourth-order valence-corrected chi connectivity index (χ4v) is 3.42. The largest absolute Gasteiger partial charge is 0.371 e. The van der Waals surface area contributed by atoms with Gasteiger partial charge in [0.1, 0.15) is 0 Å². The Balaban J connectivity index is 1.96. The van der Waals surface area contributed by atoms with Crippen LogP contribution in [0.25, 0.3) is 0 Å². The molecule has 7 heteroatoms. The molecule has 0 amide bonds. The third-order valence-electron chi connectivity index (χ3n) is 3.29. The number of hydrogen-bond donors (Lipinski definition) is 1. The second-order valence-corrected chi connectivity index (χ2v) is 6.60. The van der Waals surface area contributed by atoms with Crippen LogP contribution in [0.3, 0.4) is 0 Å². The quantitative estimate of drug-likeness (QED) is 0.910. The van der Waals surface area contributed by atoms with Crippen LogP contribution in [0.15, 0.2) is 52.5 Å². The lowest BCUT2D eigenvalue weighted by Crippen LogP contribution is -2.33. The van der Waals surface area contributed by atoms with Crippen LogP contribution < -0.4 is 5.32 Å². The summed E-state index contributed by atoms with van der Waals surface area (Å²) in [7, 11) is -3.65. The molecular formula is C14H15N3O3S. The minimum absolute atomic E-state index is 0.0511. The molecule has 1 aromatic carbocycles. The molecule has 110 valence electrons. The fraction of sp³-hybridized carbons (Fsp3) is 0.286. The summed E-state index contributed by atoms with van der Waals surface area (Å²) in [6, 6.07) is 9.78. The highest BCUT2D eigenvalue weighted by Crippen LogP contribution is 2.24. The lowest BCUT2D eigenvalue weighted by atomic mass is 10.1. The molecule has 1 atom stereocenters. The molecule has 6 nitrogen and oxygen atoms in total. The van der Waals surface area contributed by atoms with Crippen molar-refractivity contribution in [2.75, 3.05) is 19.7 Å². The molecule has 0 unspecified atom stereocenters. The molecule has 0 aliphatic carbocycles. The van der Waals surface area contributed by atoms with E-state index in [0.717, 1.165) is 12.1 Å². The van der Waals surface area contributed by atoms with Gasteiger partial charge in [-0.25, -0.2) is 8.42 Å². The van der Waals surface area contributed by atoms with E-state index in [4.69, 9.17) is 4.74 Å². The molecule has 3 rings (SSSR count). The SMILES string of the molecule is O=S(=O)(c1cccc([C@@H]2CNCCO2)c1)c1cccnn1. The zero-order valence-corrected chi connectivity index (χ0v) is 12.1. The standard InChI is InChI=1S/C14H15N3O3S/c18-21(19,14-5-2-6-16-17-14)12-4-1-3-11(9-12)13-10-15-7-8-20-13/h1-6,9,13,15H,7-8,10H2/t13-/m0/s1. The highest BCUT2D eigenvalue weighted by atomic mass is 32.2. The van der Waals surface area contributed by atoms with Gasteiger partial charge in [-0.2, -0.15) is 5.10 Å². The van der Waals surface area contributed by atoms with E-state index >= 15 is 0 Å². The van der Waals surface area contributed by atoms with Crippen LogP contribution in [0.5, 0.6) is 0 Å². The Morgan fingerprint density at radius 3 is 2.86 bits per heavy atom. The van der Waals surface area contributed by atoms with Crippen molar-refractivity contribution in [2.45, 2.75) is 16.0 Å². The maximum Gasteiger partial charge on any atom is 0.225 e. The first-order valence-electron chi connectivity index (χ1n) is 6.63. The molecule has 0 spiro atoms. The second kappa shape index (κ2) is 5.88. The van der Waals surface area contributed by atoms with Crippen molar-refractivity contribution < 1.29 is 13.2 Å². The van der Waals surface area contributed by atoms with Crippen molar-refractivity contribution in [3.05, 3.63) is 48.2 Å². The van der Waals surface area contributed by atoms with Crippen LogP contribution in [0.4, 0.5) is 0 Å². The Labute approximate surface area is 123 Å². The summed E-state index contributed by atoms with van der Waals surface area (Å²) in [6.07, 6.45) is 1.31. The summed E-state index contributed by atoms with van der Waals surface area (Å²) >= 11 is 0. The lowest BCUT2D eigenvalue weighted by molar-refractivity contribution is 0.0276. The van der Waals surface area contributed by atoms with Gasteiger partial charge in [0, 0.05) is 19.3 Å². The molecule has 1 aliphatic rings. The zero-order chi connectivity index (χ0) is 14.7. The minimum Gasteiger partial charge on any atom is -0.371 e. The zero-order valence-electron chi connectivity index (χ0n) is 11.3. The summed E-state index contributed by atoms with van der Waals surface area (Å²) < 4.78 is 30.7. The van der Waals surface area contributed by atoms with E-state index in [9.17, 15) is 8.42 Å².